The van der Waals surface area contributed by atoms with Crippen LogP contribution in [0.3, 0.4) is 0 Å². The van der Waals surface area contributed by atoms with Gasteiger partial charge >= 0.3 is 0 Å². The van der Waals surface area contributed by atoms with E-state index in [1.807, 2.05) is 31.2 Å². The molecule has 1 heterocycles. The first kappa shape index (κ1) is 17.5. The minimum atomic E-state index is -0.136. The third-order valence-electron chi connectivity index (χ3n) is 4.88. The fourth-order valence-electron chi connectivity index (χ4n) is 3.32. The number of carbonyl (C=O) groups is 1. The normalized spacial score (nSPS) is 20.3. The lowest BCUT2D eigenvalue weighted by Gasteiger charge is -2.27. The number of rotatable bonds is 5. The van der Waals surface area contributed by atoms with Crippen LogP contribution in [0.4, 0.5) is 0 Å². The van der Waals surface area contributed by atoms with Crippen LogP contribution in [0, 0.1) is 12.8 Å². The molecule has 0 bridgehead atoms. The molecule has 2 N–H and O–H groups in total. The first-order valence-corrected chi connectivity index (χ1v) is 8.73. The van der Waals surface area contributed by atoms with Crippen molar-refractivity contribution in [1.82, 2.24) is 15.1 Å². The minimum Gasteiger partial charge on any atom is -0.497 e. The zero-order valence-corrected chi connectivity index (χ0v) is 14.7. The third-order valence-corrected chi connectivity index (χ3v) is 4.88. The molecule has 1 aromatic heterocycles. The average Bonchev–Trinajstić information content (AvgIpc) is 3.04. The van der Waals surface area contributed by atoms with E-state index in [0.717, 1.165) is 42.8 Å². The Balaban J connectivity index is 1.67. The number of benzene rings is 1. The highest BCUT2D eigenvalue weighted by atomic mass is 16.5. The van der Waals surface area contributed by atoms with Crippen LogP contribution < -0.4 is 10.1 Å². The number of hydrogen-bond donors (Lipinski definition) is 2. The van der Waals surface area contributed by atoms with Gasteiger partial charge in [0.2, 0.25) is 0 Å². The first-order valence-electron chi connectivity index (χ1n) is 8.73. The van der Waals surface area contributed by atoms with Crippen molar-refractivity contribution in [2.75, 3.05) is 13.7 Å². The van der Waals surface area contributed by atoms with Gasteiger partial charge < -0.3 is 15.2 Å². The number of amides is 1. The molecule has 25 heavy (non-hydrogen) atoms. The zero-order valence-electron chi connectivity index (χ0n) is 14.7. The summed E-state index contributed by atoms with van der Waals surface area (Å²) in [5, 5.41) is 16.7. The second-order valence-corrected chi connectivity index (χ2v) is 6.65. The molecule has 0 atom stereocenters. The van der Waals surface area contributed by atoms with Gasteiger partial charge in [0.15, 0.2) is 5.69 Å². The van der Waals surface area contributed by atoms with Gasteiger partial charge in [-0.25, -0.2) is 4.68 Å². The van der Waals surface area contributed by atoms with E-state index in [-0.39, 0.29) is 18.6 Å². The van der Waals surface area contributed by atoms with Crippen molar-refractivity contribution in [1.29, 1.82) is 0 Å². The highest BCUT2D eigenvalue weighted by molar-refractivity contribution is 5.92. The van der Waals surface area contributed by atoms with Crippen molar-refractivity contribution in [2.24, 2.45) is 5.92 Å². The molecule has 1 saturated carbocycles. The van der Waals surface area contributed by atoms with E-state index in [9.17, 15) is 9.90 Å². The summed E-state index contributed by atoms with van der Waals surface area (Å²) < 4.78 is 6.93. The maximum atomic E-state index is 12.5. The van der Waals surface area contributed by atoms with Crippen LogP contribution in [0.5, 0.6) is 5.75 Å². The maximum Gasteiger partial charge on any atom is 0.272 e. The monoisotopic (exact) mass is 343 g/mol. The predicted octanol–water partition coefficient (Wildman–Crippen LogP) is 2.47. The zero-order chi connectivity index (χ0) is 17.8. The van der Waals surface area contributed by atoms with Crippen LogP contribution in [-0.2, 0) is 0 Å². The van der Waals surface area contributed by atoms with E-state index in [0.29, 0.717) is 11.6 Å². The fourth-order valence-corrected chi connectivity index (χ4v) is 3.32. The quantitative estimate of drug-likeness (QED) is 0.874. The van der Waals surface area contributed by atoms with Crippen molar-refractivity contribution in [3.05, 3.63) is 41.7 Å². The summed E-state index contributed by atoms with van der Waals surface area (Å²) in [6, 6.07) is 9.54. The smallest absolute Gasteiger partial charge is 0.272 e. The van der Waals surface area contributed by atoms with Gasteiger partial charge in [-0.3, -0.25) is 4.79 Å². The average molecular weight is 343 g/mol. The Labute approximate surface area is 147 Å². The third kappa shape index (κ3) is 4.02. The molecule has 134 valence electrons. The summed E-state index contributed by atoms with van der Waals surface area (Å²) in [5.41, 5.74) is 2.22. The summed E-state index contributed by atoms with van der Waals surface area (Å²) in [4.78, 5) is 12.5. The predicted molar refractivity (Wildman–Crippen MR) is 95.2 cm³/mol. The van der Waals surface area contributed by atoms with Crippen molar-refractivity contribution < 1.29 is 14.6 Å². The van der Waals surface area contributed by atoms with Crippen LogP contribution in [0.1, 0.15) is 41.9 Å². The molecule has 1 aliphatic carbocycles. The Morgan fingerprint density at radius 2 is 1.96 bits per heavy atom. The van der Waals surface area contributed by atoms with E-state index in [1.54, 1.807) is 17.9 Å². The second kappa shape index (κ2) is 7.70. The molecule has 1 amide bonds. The summed E-state index contributed by atoms with van der Waals surface area (Å²) in [6.07, 6.45) is 3.74. The van der Waals surface area contributed by atoms with E-state index >= 15 is 0 Å². The SMILES string of the molecule is COc1ccc(-n2nc(C(=O)NC3CCC(CO)CC3)cc2C)cc1. The lowest BCUT2D eigenvalue weighted by Crippen LogP contribution is -2.38. The maximum absolute atomic E-state index is 12.5. The molecule has 0 radical (unpaired) electrons. The van der Waals surface area contributed by atoms with Gasteiger partial charge in [-0.05, 0) is 68.9 Å². The summed E-state index contributed by atoms with van der Waals surface area (Å²) in [7, 11) is 1.63. The minimum absolute atomic E-state index is 0.136. The fraction of sp³-hybridized carbons (Fsp3) is 0.474. The van der Waals surface area contributed by atoms with Crippen molar-refractivity contribution >= 4 is 5.91 Å². The van der Waals surface area contributed by atoms with Gasteiger partial charge in [0.25, 0.3) is 5.91 Å². The van der Waals surface area contributed by atoms with Gasteiger partial charge in [-0.1, -0.05) is 0 Å². The lowest BCUT2D eigenvalue weighted by molar-refractivity contribution is 0.0908. The van der Waals surface area contributed by atoms with Gasteiger partial charge in [0.1, 0.15) is 5.75 Å². The van der Waals surface area contributed by atoms with E-state index in [2.05, 4.69) is 10.4 Å². The van der Waals surface area contributed by atoms with Crippen LogP contribution in [0.25, 0.3) is 5.69 Å². The standard InChI is InChI=1S/C19H25N3O3/c1-13-11-18(19(24)20-15-5-3-14(12-23)4-6-15)21-22(13)16-7-9-17(25-2)10-8-16/h7-11,14-15,23H,3-6,12H2,1-2H3,(H,20,24). The van der Waals surface area contributed by atoms with E-state index < -0.39 is 0 Å². The Morgan fingerprint density at radius 3 is 2.56 bits per heavy atom. The van der Waals surface area contributed by atoms with Gasteiger partial charge in [0.05, 0.1) is 12.8 Å². The van der Waals surface area contributed by atoms with Gasteiger partial charge in [-0.15, -0.1) is 0 Å². The highest BCUT2D eigenvalue weighted by Gasteiger charge is 2.23. The van der Waals surface area contributed by atoms with Crippen molar-refractivity contribution in [3.8, 4) is 11.4 Å². The Kier molecular flexibility index (Phi) is 5.38. The summed E-state index contributed by atoms with van der Waals surface area (Å²) >= 11 is 0. The van der Waals surface area contributed by atoms with Crippen molar-refractivity contribution in [2.45, 2.75) is 38.6 Å². The second-order valence-electron chi connectivity index (χ2n) is 6.65. The van der Waals surface area contributed by atoms with Crippen molar-refractivity contribution in [3.63, 3.8) is 0 Å². The number of nitrogens with one attached hydrogen (secondary N) is 1. The molecule has 3 rings (SSSR count). The largest absolute Gasteiger partial charge is 0.497 e. The topological polar surface area (TPSA) is 76.4 Å². The Morgan fingerprint density at radius 1 is 1.28 bits per heavy atom. The number of nitrogens with zero attached hydrogens (tertiary/aromatic N) is 2. The molecular formula is C19H25N3O3. The molecule has 0 spiro atoms. The van der Waals surface area contributed by atoms with Gasteiger partial charge in [-0.2, -0.15) is 5.10 Å². The Hall–Kier alpha value is -2.34. The Bertz CT molecular complexity index is 716. The molecule has 0 aliphatic heterocycles. The number of hydrogen-bond acceptors (Lipinski definition) is 4. The molecule has 0 unspecified atom stereocenters. The number of ether oxygens (including phenoxy) is 1. The van der Waals surface area contributed by atoms with Crippen LogP contribution in [0.15, 0.2) is 30.3 Å². The van der Waals surface area contributed by atoms with Crippen LogP contribution >= 0.6 is 0 Å². The summed E-state index contributed by atoms with van der Waals surface area (Å²) in [5.74, 6) is 1.03. The molecular weight excluding hydrogens is 318 g/mol. The van der Waals surface area contributed by atoms with Gasteiger partial charge in [0, 0.05) is 18.3 Å². The molecule has 1 aromatic carbocycles. The molecule has 2 aromatic rings. The number of aliphatic hydroxyl groups excluding tert-OH is 1. The number of aromatic nitrogens is 2. The first-order chi connectivity index (χ1) is 12.1. The van der Waals surface area contributed by atoms with E-state index in [1.165, 1.54) is 0 Å². The number of carbonyl (C=O) groups excluding carboxylic acids is 1. The highest BCUT2D eigenvalue weighted by Crippen LogP contribution is 2.24. The van der Waals surface area contributed by atoms with Crippen LogP contribution in [0.2, 0.25) is 0 Å². The number of aryl methyl sites for hydroxylation is 1. The molecule has 6 nitrogen and oxygen atoms in total. The number of aliphatic hydroxyl groups is 1. The van der Waals surface area contributed by atoms with Crippen LogP contribution in [-0.4, -0.2) is 40.6 Å². The lowest BCUT2D eigenvalue weighted by atomic mass is 9.86. The number of methoxy groups -OCH3 is 1. The summed E-state index contributed by atoms with van der Waals surface area (Å²) in [6.45, 7) is 2.17. The molecule has 0 saturated heterocycles. The van der Waals surface area contributed by atoms with E-state index in [4.69, 9.17) is 4.74 Å². The molecule has 1 aliphatic rings. The molecule has 6 heteroatoms. The molecule has 1 fully saturated rings.